The molecular weight excluding hydrogens is 368 g/mol. The predicted octanol–water partition coefficient (Wildman–Crippen LogP) is 2.14. The summed E-state index contributed by atoms with van der Waals surface area (Å²) in [4.78, 5) is 45.6. The monoisotopic (exact) mass is 392 g/mol. The molecule has 3 heterocycles. The van der Waals surface area contributed by atoms with E-state index < -0.39 is 0 Å². The van der Waals surface area contributed by atoms with Crippen molar-refractivity contribution in [2.45, 2.75) is 33.1 Å². The van der Waals surface area contributed by atoms with E-state index in [-0.39, 0.29) is 17.9 Å². The Kier molecular flexibility index (Phi) is 5.00. The summed E-state index contributed by atoms with van der Waals surface area (Å²) >= 11 is 0. The number of amides is 1. The van der Waals surface area contributed by atoms with Gasteiger partial charge in [0.1, 0.15) is 5.82 Å². The summed E-state index contributed by atoms with van der Waals surface area (Å²) < 4.78 is 0. The fourth-order valence-electron chi connectivity index (χ4n) is 3.75. The summed E-state index contributed by atoms with van der Waals surface area (Å²) in [7, 11) is 1.97. The summed E-state index contributed by atoms with van der Waals surface area (Å²) in [5.74, 6) is 1.81. The second-order valence-corrected chi connectivity index (χ2v) is 7.40. The van der Waals surface area contributed by atoms with Crippen molar-refractivity contribution in [3.05, 3.63) is 51.7 Å². The van der Waals surface area contributed by atoms with Crippen molar-refractivity contribution in [1.29, 1.82) is 0 Å². The predicted molar refractivity (Wildman–Crippen MR) is 112 cm³/mol. The van der Waals surface area contributed by atoms with Crippen molar-refractivity contribution in [2.75, 3.05) is 29.9 Å². The van der Waals surface area contributed by atoms with E-state index in [2.05, 4.69) is 9.97 Å². The van der Waals surface area contributed by atoms with E-state index in [0.29, 0.717) is 41.7 Å². The number of aryl methyl sites for hydroxylation is 2. The lowest BCUT2D eigenvalue weighted by Crippen LogP contribution is -2.33. The molecule has 2 aromatic heterocycles. The van der Waals surface area contributed by atoms with Gasteiger partial charge in [-0.05, 0) is 38.8 Å². The van der Waals surface area contributed by atoms with Crippen LogP contribution in [0.3, 0.4) is 0 Å². The highest BCUT2D eigenvalue weighted by molar-refractivity contribution is 5.96. The van der Waals surface area contributed by atoms with E-state index in [0.717, 1.165) is 24.0 Å². The molecule has 0 saturated carbocycles. The number of hydrogen-bond donors (Lipinski definition) is 1. The second-order valence-electron chi connectivity index (χ2n) is 7.40. The number of para-hydroxylation sites is 2. The molecule has 0 saturated heterocycles. The van der Waals surface area contributed by atoms with Crippen molar-refractivity contribution in [3.63, 3.8) is 0 Å². The van der Waals surface area contributed by atoms with Gasteiger partial charge in [-0.1, -0.05) is 12.1 Å². The molecular formula is C21H24N6O2. The lowest BCUT2D eigenvalue weighted by Gasteiger charge is -2.23. The zero-order chi connectivity index (χ0) is 20.5. The summed E-state index contributed by atoms with van der Waals surface area (Å²) in [6.45, 7) is 4.92. The van der Waals surface area contributed by atoms with Crippen LogP contribution in [0.25, 0.3) is 11.0 Å². The van der Waals surface area contributed by atoms with Gasteiger partial charge >= 0.3 is 0 Å². The van der Waals surface area contributed by atoms with E-state index in [9.17, 15) is 9.59 Å². The minimum absolute atomic E-state index is 0.0643. The lowest BCUT2D eigenvalue weighted by atomic mass is 10.1. The van der Waals surface area contributed by atoms with Gasteiger partial charge in [0.25, 0.3) is 5.56 Å². The maximum Gasteiger partial charge on any atom is 0.254 e. The zero-order valence-electron chi connectivity index (χ0n) is 16.9. The van der Waals surface area contributed by atoms with Crippen LogP contribution in [0.4, 0.5) is 11.6 Å². The molecule has 1 aliphatic heterocycles. The van der Waals surface area contributed by atoms with Crippen LogP contribution in [0.5, 0.6) is 0 Å². The van der Waals surface area contributed by atoms with Gasteiger partial charge in [-0.2, -0.15) is 0 Å². The number of nitrogens with one attached hydrogen (secondary N) is 1. The average molecular weight is 392 g/mol. The molecule has 0 aliphatic carbocycles. The molecule has 1 aromatic carbocycles. The van der Waals surface area contributed by atoms with Crippen molar-refractivity contribution >= 4 is 28.6 Å². The maximum atomic E-state index is 13.1. The number of carbonyl (C=O) groups excluding carboxylic acids is 1. The first-order chi connectivity index (χ1) is 13.9. The second kappa shape index (κ2) is 7.62. The van der Waals surface area contributed by atoms with Gasteiger partial charge in [0.05, 0.1) is 11.0 Å². The van der Waals surface area contributed by atoms with Crippen molar-refractivity contribution < 1.29 is 4.79 Å². The zero-order valence-corrected chi connectivity index (χ0v) is 16.9. The number of benzene rings is 1. The number of H-pyrrole nitrogens is 1. The van der Waals surface area contributed by atoms with Crippen LogP contribution in [0.1, 0.15) is 29.9 Å². The molecule has 3 aromatic rings. The summed E-state index contributed by atoms with van der Waals surface area (Å²) in [6.07, 6.45) is 1.38. The van der Waals surface area contributed by atoms with Gasteiger partial charge in [0, 0.05) is 37.8 Å². The van der Waals surface area contributed by atoms with Gasteiger partial charge in [0.15, 0.2) is 11.6 Å². The highest BCUT2D eigenvalue weighted by Crippen LogP contribution is 2.30. The minimum atomic E-state index is -0.176. The van der Waals surface area contributed by atoms with Crippen LogP contribution >= 0.6 is 0 Å². The SMILES string of the molecule is Cc1nc(C)c(CCC(=O)N2CCCN(C)c3nc4ccccc4nc32)c(=O)[nH]1. The van der Waals surface area contributed by atoms with Crippen molar-refractivity contribution in [3.8, 4) is 0 Å². The number of aromatic nitrogens is 4. The molecule has 1 aliphatic rings. The van der Waals surface area contributed by atoms with E-state index in [1.807, 2.05) is 36.2 Å². The Hall–Kier alpha value is -3.29. The molecule has 8 heteroatoms. The van der Waals surface area contributed by atoms with Crippen LogP contribution in [-0.4, -0.2) is 46.0 Å². The lowest BCUT2D eigenvalue weighted by molar-refractivity contribution is -0.118. The van der Waals surface area contributed by atoms with Gasteiger partial charge < -0.3 is 9.88 Å². The molecule has 1 N–H and O–H groups in total. The highest BCUT2D eigenvalue weighted by atomic mass is 16.2. The minimum Gasteiger partial charge on any atom is -0.357 e. The number of nitrogens with zero attached hydrogens (tertiary/aromatic N) is 5. The third-order valence-electron chi connectivity index (χ3n) is 5.26. The summed E-state index contributed by atoms with van der Waals surface area (Å²) in [5, 5.41) is 0. The molecule has 0 radical (unpaired) electrons. The number of anilines is 2. The molecule has 0 fully saturated rings. The molecule has 8 nitrogen and oxygen atoms in total. The fourth-order valence-corrected chi connectivity index (χ4v) is 3.75. The van der Waals surface area contributed by atoms with Gasteiger partial charge in [-0.25, -0.2) is 15.0 Å². The third kappa shape index (κ3) is 3.70. The van der Waals surface area contributed by atoms with Gasteiger partial charge in [-0.15, -0.1) is 0 Å². The standard InChI is InChI=1S/C21H24N6O2/c1-13-15(21(29)23-14(2)22-13)9-10-18(28)27-12-6-11-26(3)19-20(27)25-17-8-5-4-7-16(17)24-19/h4-5,7-8H,6,9-12H2,1-3H3,(H,22,23,29). The summed E-state index contributed by atoms with van der Waals surface area (Å²) in [5.41, 5.74) is 2.61. The van der Waals surface area contributed by atoms with Gasteiger partial charge in [0.2, 0.25) is 5.91 Å². The normalized spacial score (nSPS) is 14.0. The quantitative estimate of drug-likeness (QED) is 0.734. The van der Waals surface area contributed by atoms with Crippen LogP contribution in [-0.2, 0) is 11.2 Å². The molecule has 0 bridgehead atoms. The maximum absolute atomic E-state index is 13.1. The number of rotatable bonds is 3. The van der Waals surface area contributed by atoms with Crippen molar-refractivity contribution in [2.24, 2.45) is 0 Å². The largest absolute Gasteiger partial charge is 0.357 e. The Bertz CT molecular complexity index is 1140. The Morgan fingerprint density at radius 3 is 2.45 bits per heavy atom. The van der Waals surface area contributed by atoms with Gasteiger partial charge in [-0.3, -0.25) is 14.5 Å². The first-order valence-electron chi connectivity index (χ1n) is 9.78. The Morgan fingerprint density at radius 2 is 1.76 bits per heavy atom. The summed E-state index contributed by atoms with van der Waals surface area (Å²) in [6, 6.07) is 7.66. The van der Waals surface area contributed by atoms with E-state index in [4.69, 9.17) is 9.97 Å². The average Bonchev–Trinajstić information content (AvgIpc) is 2.84. The van der Waals surface area contributed by atoms with Crippen LogP contribution in [0.2, 0.25) is 0 Å². The highest BCUT2D eigenvalue weighted by Gasteiger charge is 2.26. The Labute approximate surface area is 168 Å². The third-order valence-corrected chi connectivity index (χ3v) is 5.26. The number of carbonyl (C=O) groups is 1. The molecule has 150 valence electrons. The number of aromatic amines is 1. The molecule has 0 spiro atoms. The molecule has 1 amide bonds. The molecule has 0 unspecified atom stereocenters. The first-order valence-corrected chi connectivity index (χ1v) is 9.78. The Balaban J connectivity index is 1.65. The van der Waals surface area contributed by atoms with Crippen LogP contribution < -0.4 is 15.4 Å². The molecule has 0 atom stereocenters. The Morgan fingerprint density at radius 1 is 1.07 bits per heavy atom. The smallest absolute Gasteiger partial charge is 0.254 e. The number of fused-ring (bicyclic) bond motifs is 2. The van der Waals surface area contributed by atoms with Crippen LogP contribution in [0, 0.1) is 13.8 Å². The number of hydrogen-bond acceptors (Lipinski definition) is 6. The fraction of sp³-hybridized carbons (Fsp3) is 0.381. The first kappa shape index (κ1) is 19.0. The van der Waals surface area contributed by atoms with Crippen LogP contribution in [0.15, 0.2) is 29.1 Å². The van der Waals surface area contributed by atoms with E-state index in [1.54, 1.807) is 18.7 Å². The van der Waals surface area contributed by atoms with E-state index in [1.165, 1.54) is 0 Å². The molecule has 4 rings (SSSR count). The van der Waals surface area contributed by atoms with E-state index >= 15 is 0 Å². The molecule has 29 heavy (non-hydrogen) atoms. The van der Waals surface area contributed by atoms with Crippen molar-refractivity contribution in [1.82, 2.24) is 19.9 Å². The topological polar surface area (TPSA) is 95.1 Å².